The van der Waals surface area contributed by atoms with Crippen molar-refractivity contribution in [3.8, 4) is 0 Å². The lowest BCUT2D eigenvalue weighted by atomic mass is 9.96. The molecule has 1 nitrogen and oxygen atoms in total. The van der Waals surface area contributed by atoms with Crippen molar-refractivity contribution in [1.29, 1.82) is 0 Å². The highest BCUT2D eigenvalue weighted by Crippen LogP contribution is 2.19. The predicted molar refractivity (Wildman–Crippen MR) is 58.6 cm³/mol. The lowest BCUT2D eigenvalue weighted by Crippen LogP contribution is -2.16. The molecule has 0 spiro atoms. The van der Waals surface area contributed by atoms with Gasteiger partial charge in [-0.05, 0) is 43.0 Å². The van der Waals surface area contributed by atoms with E-state index in [-0.39, 0.29) is 11.7 Å². The molecule has 0 aliphatic heterocycles. The fourth-order valence-corrected chi connectivity index (χ4v) is 1.63. The minimum Gasteiger partial charge on any atom is -0.393 e. The minimum absolute atomic E-state index is 0.0683. The Morgan fingerprint density at radius 3 is 2.64 bits per heavy atom. The quantitative estimate of drug-likeness (QED) is 0.886. The van der Waals surface area contributed by atoms with E-state index in [0.29, 0.717) is 12.0 Å². The zero-order chi connectivity index (χ0) is 10.7. The number of aliphatic hydroxyl groups is 1. The van der Waals surface area contributed by atoms with Crippen LogP contribution in [-0.2, 0) is 6.42 Å². The molecule has 2 unspecified atom stereocenters. The Bertz CT molecular complexity index is 312. The van der Waals surface area contributed by atoms with Gasteiger partial charge in [0, 0.05) is 4.47 Å². The van der Waals surface area contributed by atoms with E-state index in [4.69, 9.17) is 0 Å². The fraction of sp³-hybridized carbons (Fsp3) is 0.455. The number of halogens is 2. The van der Waals surface area contributed by atoms with Crippen LogP contribution >= 0.6 is 15.9 Å². The van der Waals surface area contributed by atoms with Crippen LogP contribution in [0.25, 0.3) is 0 Å². The maximum absolute atomic E-state index is 13.3. The normalized spacial score (nSPS) is 15.2. The molecular weight excluding hydrogens is 247 g/mol. The molecule has 1 rings (SSSR count). The molecule has 0 radical (unpaired) electrons. The Morgan fingerprint density at radius 2 is 2.07 bits per heavy atom. The van der Waals surface area contributed by atoms with Crippen molar-refractivity contribution in [3.63, 3.8) is 0 Å². The monoisotopic (exact) mass is 260 g/mol. The van der Waals surface area contributed by atoms with Crippen molar-refractivity contribution in [1.82, 2.24) is 0 Å². The number of hydrogen-bond acceptors (Lipinski definition) is 1. The Morgan fingerprint density at radius 1 is 1.43 bits per heavy atom. The van der Waals surface area contributed by atoms with Crippen molar-refractivity contribution >= 4 is 15.9 Å². The van der Waals surface area contributed by atoms with Crippen LogP contribution < -0.4 is 0 Å². The highest BCUT2D eigenvalue weighted by Gasteiger charge is 2.12. The molecule has 1 N–H and O–H groups in total. The van der Waals surface area contributed by atoms with Crippen molar-refractivity contribution in [2.24, 2.45) is 5.92 Å². The second-order valence-electron chi connectivity index (χ2n) is 3.66. The van der Waals surface area contributed by atoms with Crippen LogP contribution in [0.4, 0.5) is 4.39 Å². The minimum atomic E-state index is -0.409. The van der Waals surface area contributed by atoms with Crippen LogP contribution in [0, 0.1) is 11.7 Å². The Balaban J connectivity index is 2.80. The van der Waals surface area contributed by atoms with E-state index >= 15 is 0 Å². The third kappa shape index (κ3) is 3.07. The average molecular weight is 261 g/mol. The van der Waals surface area contributed by atoms with E-state index in [9.17, 15) is 9.50 Å². The largest absolute Gasteiger partial charge is 0.393 e. The summed E-state index contributed by atoms with van der Waals surface area (Å²) in [7, 11) is 0. The Hall–Kier alpha value is -0.410. The summed E-state index contributed by atoms with van der Waals surface area (Å²) < 4.78 is 14.2. The van der Waals surface area contributed by atoms with Gasteiger partial charge in [-0.15, -0.1) is 0 Å². The summed E-state index contributed by atoms with van der Waals surface area (Å²) in [5.74, 6) is -0.139. The first-order chi connectivity index (χ1) is 6.50. The van der Waals surface area contributed by atoms with Gasteiger partial charge in [-0.2, -0.15) is 0 Å². The highest BCUT2D eigenvalue weighted by atomic mass is 79.9. The SMILES string of the molecule is CC(O)C(C)Cc1cc(Br)ccc1F. The summed E-state index contributed by atoms with van der Waals surface area (Å²) in [5, 5.41) is 9.31. The molecule has 0 aliphatic rings. The first-order valence-corrected chi connectivity index (χ1v) is 5.42. The summed E-state index contributed by atoms with van der Waals surface area (Å²) in [6, 6.07) is 4.87. The first kappa shape index (κ1) is 11.7. The van der Waals surface area contributed by atoms with E-state index in [0.717, 1.165) is 4.47 Å². The van der Waals surface area contributed by atoms with Gasteiger partial charge in [-0.1, -0.05) is 22.9 Å². The Labute approximate surface area is 92.1 Å². The van der Waals surface area contributed by atoms with E-state index in [1.165, 1.54) is 6.07 Å². The molecule has 14 heavy (non-hydrogen) atoms. The van der Waals surface area contributed by atoms with E-state index < -0.39 is 6.10 Å². The number of benzene rings is 1. The summed E-state index contributed by atoms with van der Waals surface area (Å²) in [6.07, 6.45) is 0.150. The molecule has 0 fully saturated rings. The van der Waals surface area contributed by atoms with Crippen LogP contribution in [0.5, 0.6) is 0 Å². The van der Waals surface area contributed by atoms with Gasteiger partial charge in [0.15, 0.2) is 0 Å². The van der Waals surface area contributed by atoms with Gasteiger partial charge in [0.2, 0.25) is 0 Å². The van der Waals surface area contributed by atoms with Gasteiger partial charge < -0.3 is 5.11 Å². The van der Waals surface area contributed by atoms with E-state index in [1.807, 2.05) is 6.92 Å². The molecule has 0 saturated heterocycles. The predicted octanol–water partition coefficient (Wildman–Crippen LogP) is 3.15. The smallest absolute Gasteiger partial charge is 0.126 e. The second kappa shape index (κ2) is 4.89. The van der Waals surface area contributed by atoms with E-state index in [2.05, 4.69) is 15.9 Å². The van der Waals surface area contributed by atoms with E-state index in [1.54, 1.807) is 19.1 Å². The van der Waals surface area contributed by atoms with Gasteiger partial charge in [0.1, 0.15) is 5.82 Å². The van der Waals surface area contributed by atoms with Gasteiger partial charge in [-0.25, -0.2) is 4.39 Å². The van der Waals surface area contributed by atoms with Crippen LogP contribution in [0.15, 0.2) is 22.7 Å². The molecule has 0 bridgehead atoms. The maximum atomic E-state index is 13.3. The molecule has 1 aromatic rings. The fourth-order valence-electron chi connectivity index (χ4n) is 1.22. The molecule has 0 saturated carbocycles. The standard InChI is InChI=1S/C11H14BrFO/c1-7(8(2)14)5-9-6-10(12)3-4-11(9)13/h3-4,6-8,14H,5H2,1-2H3. The zero-order valence-corrected chi connectivity index (χ0v) is 9.88. The van der Waals surface area contributed by atoms with Crippen molar-refractivity contribution in [3.05, 3.63) is 34.1 Å². The van der Waals surface area contributed by atoms with Gasteiger partial charge >= 0.3 is 0 Å². The van der Waals surface area contributed by atoms with Crippen LogP contribution in [0.3, 0.4) is 0 Å². The number of aliphatic hydroxyl groups excluding tert-OH is 1. The summed E-state index contributed by atoms with van der Waals surface area (Å²) in [6.45, 7) is 3.63. The lowest BCUT2D eigenvalue weighted by molar-refractivity contribution is 0.134. The summed E-state index contributed by atoms with van der Waals surface area (Å²) in [5.41, 5.74) is 0.646. The molecule has 78 valence electrons. The summed E-state index contributed by atoms with van der Waals surface area (Å²) in [4.78, 5) is 0. The first-order valence-electron chi connectivity index (χ1n) is 4.62. The number of rotatable bonds is 3. The van der Waals surface area contributed by atoms with Crippen LogP contribution in [0.2, 0.25) is 0 Å². The molecule has 3 heteroatoms. The third-order valence-corrected chi connectivity index (χ3v) is 2.87. The van der Waals surface area contributed by atoms with Gasteiger partial charge in [0.05, 0.1) is 6.10 Å². The lowest BCUT2D eigenvalue weighted by Gasteiger charge is -2.14. The second-order valence-corrected chi connectivity index (χ2v) is 4.57. The molecule has 2 atom stereocenters. The number of hydrogen-bond donors (Lipinski definition) is 1. The van der Waals surface area contributed by atoms with Gasteiger partial charge in [0.25, 0.3) is 0 Å². The van der Waals surface area contributed by atoms with Gasteiger partial charge in [-0.3, -0.25) is 0 Å². The highest BCUT2D eigenvalue weighted by molar-refractivity contribution is 9.10. The van der Waals surface area contributed by atoms with Crippen molar-refractivity contribution < 1.29 is 9.50 Å². The third-order valence-electron chi connectivity index (χ3n) is 2.37. The molecule has 0 amide bonds. The van der Waals surface area contributed by atoms with Crippen LogP contribution in [0.1, 0.15) is 19.4 Å². The molecule has 1 aromatic carbocycles. The van der Waals surface area contributed by atoms with Crippen molar-refractivity contribution in [2.75, 3.05) is 0 Å². The topological polar surface area (TPSA) is 20.2 Å². The molecule has 0 heterocycles. The molecule has 0 aliphatic carbocycles. The Kier molecular flexibility index (Phi) is 4.08. The van der Waals surface area contributed by atoms with Crippen molar-refractivity contribution in [2.45, 2.75) is 26.4 Å². The molecular formula is C11H14BrFO. The average Bonchev–Trinajstić information content (AvgIpc) is 2.11. The summed E-state index contributed by atoms with van der Waals surface area (Å²) >= 11 is 3.29. The molecule has 0 aromatic heterocycles. The maximum Gasteiger partial charge on any atom is 0.126 e. The van der Waals surface area contributed by atoms with Crippen LogP contribution in [-0.4, -0.2) is 11.2 Å². The zero-order valence-electron chi connectivity index (χ0n) is 8.30.